The van der Waals surface area contributed by atoms with Crippen molar-refractivity contribution in [1.82, 2.24) is 20.2 Å². The molecule has 0 aliphatic carbocycles. The van der Waals surface area contributed by atoms with Crippen LogP contribution < -0.4 is 5.32 Å². The minimum Gasteiger partial charge on any atom is -0.337 e. The zero-order valence-corrected chi connectivity index (χ0v) is 12.9. The number of piperidine rings is 1. The maximum Gasteiger partial charge on any atom is 0.274 e. The van der Waals surface area contributed by atoms with Crippen molar-refractivity contribution in [3.05, 3.63) is 22.7 Å². The Morgan fingerprint density at radius 2 is 2.10 bits per heavy atom. The van der Waals surface area contributed by atoms with E-state index in [1.54, 1.807) is 0 Å². The summed E-state index contributed by atoms with van der Waals surface area (Å²) in [5.41, 5.74) is 0.327. The fourth-order valence-electron chi connectivity index (χ4n) is 2.33. The molecule has 1 saturated heterocycles. The van der Waals surface area contributed by atoms with E-state index in [0.717, 1.165) is 25.9 Å². The normalized spacial score (nSPS) is 16.8. The van der Waals surface area contributed by atoms with Gasteiger partial charge in [-0.1, -0.05) is 25.4 Å². The van der Waals surface area contributed by atoms with Crippen LogP contribution in [0.4, 0.5) is 0 Å². The van der Waals surface area contributed by atoms with Gasteiger partial charge in [-0.2, -0.15) is 0 Å². The maximum absolute atomic E-state index is 12.5. The van der Waals surface area contributed by atoms with Gasteiger partial charge in [0.05, 0.1) is 11.2 Å². The second-order valence-corrected chi connectivity index (χ2v) is 5.84. The van der Waals surface area contributed by atoms with Crippen molar-refractivity contribution in [2.75, 3.05) is 20.1 Å². The molecule has 1 amide bonds. The summed E-state index contributed by atoms with van der Waals surface area (Å²) in [5, 5.41) is 3.58. The van der Waals surface area contributed by atoms with E-state index in [1.807, 2.05) is 25.8 Å². The fraction of sp³-hybridized carbons (Fsp3) is 0.643. The molecule has 1 aromatic heterocycles. The first-order valence-electron chi connectivity index (χ1n) is 7.02. The van der Waals surface area contributed by atoms with Gasteiger partial charge in [0, 0.05) is 25.0 Å². The molecule has 0 radical (unpaired) electrons. The predicted octanol–water partition coefficient (Wildman–Crippen LogP) is 2.08. The molecule has 0 atom stereocenters. The number of halogens is 1. The highest BCUT2D eigenvalue weighted by Gasteiger charge is 2.25. The average Bonchev–Trinajstić information content (AvgIpc) is 2.47. The lowest BCUT2D eigenvalue weighted by molar-refractivity contribution is 0.0701. The fourth-order valence-corrected chi connectivity index (χ4v) is 2.50. The van der Waals surface area contributed by atoms with E-state index in [1.165, 1.54) is 6.20 Å². The van der Waals surface area contributed by atoms with Crippen LogP contribution in [0, 0.1) is 0 Å². The number of hydrogen-bond acceptors (Lipinski definition) is 4. The highest BCUT2D eigenvalue weighted by molar-refractivity contribution is 6.33. The number of carbonyl (C=O) groups is 1. The van der Waals surface area contributed by atoms with E-state index in [4.69, 9.17) is 11.6 Å². The first-order valence-corrected chi connectivity index (χ1v) is 7.39. The third kappa shape index (κ3) is 3.27. The minimum atomic E-state index is -0.0890. The molecular formula is C14H21ClN4O. The summed E-state index contributed by atoms with van der Waals surface area (Å²) in [6.07, 6.45) is 3.45. The molecule has 2 heterocycles. The molecule has 1 aliphatic heterocycles. The van der Waals surface area contributed by atoms with E-state index in [-0.39, 0.29) is 11.8 Å². The molecule has 1 N–H and O–H groups in total. The Morgan fingerprint density at radius 1 is 1.45 bits per heavy atom. The van der Waals surface area contributed by atoms with Gasteiger partial charge in [-0.05, 0) is 19.9 Å². The SMILES string of the molecule is CNC1CCN(C(=O)c2nc(C(C)C)ncc2Cl)CC1. The van der Waals surface area contributed by atoms with Gasteiger partial charge in [0.2, 0.25) is 0 Å². The smallest absolute Gasteiger partial charge is 0.274 e. The van der Waals surface area contributed by atoms with E-state index in [0.29, 0.717) is 22.6 Å². The Kier molecular flexibility index (Phi) is 4.94. The van der Waals surface area contributed by atoms with E-state index in [2.05, 4.69) is 15.3 Å². The molecule has 110 valence electrons. The van der Waals surface area contributed by atoms with Crippen molar-refractivity contribution in [1.29, 1.82) is 0 Å². The van der Waals surface area contributed by atoms with Crippen LogP contribution in [0.1, 0.15) is 48.9 Å². The summed E-state index contributed by atoms with van der Waals surface area (Å²) in [4.78, 5) is 22.9. The minimum absolute atomic E-state index is 0.0890. The van der Waals surface area contributed by atoms with E-state index < -0.39 is 0 Å². The van der Waals surface area contributed by atoms with Crippen LogP contribution in [0.15, 0.2) is 6.20 Å². The molecule has 0 bridgehead atoms. The molecule has 0 aromatic carbocycles. The zero-order chi connectivity index (χ0) is 14.7. The molecule has 2 rings (SSSR count). The molecule has 20 heavy (non-hydrogen) atoms. The number of carbonyl (C=O) groups excluding carboxylic acids is 1. The van der Waals surface area contributed by atoms with Gasteiger partial charge < -0.3 is 10.2 Å². The van der Waals surface area contributed by atoms with Gasteiger partial charge in [0.15, 0.2) is 5.69 Å². The first kappa shape index (κ1) is 15.2. The van der Waals surface area contributed by atoms with Crippen LogP contribution in [0.5, 0.6) is 0 Å². The van der Waals surface area contributed by atoms with Gasteiger partial charge in [0.1, 0.15) is 5.82 Å². The molecule has 0 spiro atoms. The zero-order valence-electron chi connectivity index (χ0n) is 12.2. The number of rotatable bonds is 3. The Balaban J connectivity index is 2.15. The predicted molar refractivity (Wildman–Crippen MR) is 79.1 cm³/mol. The summed E-state index contributed by atoms with van der Waals surface area (Å²) in [5.74, 6) is 0.741. The monoisotopic (exact) mass is 296 g/mol. The summed E-state index contributed by atoms with van der Waals surface area (Å²) < 4.78 is 0. The third-order valence-electron chi connectivity index (χ3n) is 3.67. The van der Waals surface area contributed by atoms with Crippen molar-refractivity contribution in [2.24, 2.45) is 0 Å². The van der Waals surface area contributed by atoms with Gasteiger partial charge >= 0.3 is 0 Å². The van der Waals surface area contributed by atoms with Crippen LogP contribution >= 0.6 is 11.6 Å². The third-order valence-corrected chi connectivity index (χ3v) is 3.95. The Labute approximate surface area is 124 Å². The van der Waals surface area contributed by atoms with Crippen molar-refractivity contribution in [3.63, 3.8) is 0 Å². The van der Waals surface area contributed by atoms with Crippen molar-refractivity contribution < 1.29 is 4.79 Å². The summed E-state index contributed by atoms with van der Waals surface area (Å²) >= 11 is 6.09. The Bertz CT molecular complexity index is 484. The standard InChI is InChI=1S/C14H21ClN4O/c1-9(2)13-17-8-11(15)12(18-13)14(20)19-6-4-10(16-3)5-7-19/h8-10,16H,4-7H2,1-3H3. The molecule has 5 nitrogen and oxygen atoms in total. The summed E-state index contributed by atoms with van der Waals surface area (Å²) in [7, 11) is 1.96. The first-order chi connectivity index (χ1) is 9.52. The number of likely N-dealkylation sites (tertiary alicyclic amines) is 1. The second kappa shape index (κ2) is 6.50. The second-order valence-electron chi connectivity index (χ2n) is 5.43. The van der Waals surface area contributed by atoms with Gasteiger partial charge in [0.25, 0.3) is 5.91 Å². The quantitative estimate of drug-likeness (QED) is 0.928. The lowest BCUT2D eigenvalue weighted by Gasteiger charge is -2.31. The largest absolute Gasteiger partial charge is 0.337 e. The highest BCUT2D eigenvalue weighted by Crippen LogP contribution is 2.20. The Morgan fingerprint density at radius 3 is 2.65 bits per heavy atom. The molecule has 6 heteroatoms. The van der Waals surface area contributed by atoms with Crippen LogP contribution in [0.3, 0.4) is 0 Å². The van der Waals surface area contributed by atoms with E-state index in [9.17, 15) is 4.79 Å². The van der Waals surface area contributed by atoms with Crippen LogP contribution in [-0.4, -0.2) is 47.0 Å². The van der Waals surface area contributed by atoms with E-state index >= 15 is 0 Å². The van der Waals surface area contributed by atoms with Crippen LogP contribution in [0.25, 0.3) is 0 Å². The molecule has 1 aliphatic rings. The van der Waals surface area contributed by atoms with Crippen molar-refractivity contribution in [2.45, 2.75) is 38.6 Å². The molecule has 1 aromatic rings. The van der Waals surface area contributed by atoms with Gasteiger partial charge in [-0.3, -0.25) is 4.79 Å². The van der Waals surface area contributed by atoms with Gasteiger partial charge in [-0.15, -0.1) is 0 Å². The summed E-state index contributed by atoms with van der Waals surface area (Å²) in [6, 6.07) is 0.492. The number of aromatic nitrogens is 2. The number of hydrogen-bond donors (Lipinski definition) is 1. The van der Waals surface area contributed by atoms with Crippen LogP contribution in [-0.2, 0) is 0 Å². The summed E-state index contributed by atoms with van der Waals surface area (Å²) in [6.45, 7) is 5.47. The number of amides is 1. The van der Waals surface area contributed by atoms with Crippen molar-refractivity contribution in [3.8, 4) is 0 Å². The maximum atomic E-state index is 12.5. The molecule has 0 unspecified atom stereocenters. The lowest BCUT2D eigenvalue weighted by Crippen LogP contribution is -2.44. The lowest BCUT2D eigenvalue weighted by atomic mass is 10.1. The Hall–Kier alpha value is -1.20. The number of nitrogens with zero attached hydrogens (tertiary/aromatic N) is 3. The molecular weight excluding hydrogens is 276 g/mol. The highest BCUT2D eigenvalue weighted by atomic mass is 35.5. The molecule has 0 saturated carbocycles. The average molecular weight is 297 g/mol. The van der Waals surface area contributed by atoms with Crippen molar-refractivity contribution >= 4 is 17.5 Å². The number of nitrogens with one attached hydrogen (secondary N) is 1. The topological polar surface area (TPSA) is 58.1 Å². The van der Waals surface area contributed by atoms with Gasteiger partial charge in [-0.25, -0.2) is 9.97 Å². The van der Waals surface area contributed by atoms with Crippen LogP contribution in [0.2, 0.25) is 5.02 Å². The molecule has 1 fully saturated rings.